The fourth-order valence-corrected chi connectivity index (χ4v) is 10.4. The Bertz CT molecular complexity index is 1950. The third kappa shape index (κ3) is 6.43. The highest BCUT2D eigenvalue weighted by Crippen LogP contribution is 2.55. The highest BCUT2D eigenvalue weighted by atomic mass is 31.2. The molecular formula is C42H45O7P. The molecule has 0 atom stereocenters. The van der Waals surface area contributed by atoms with Crippen LogP contribution < -0.4 is 44.3 Å². The zero-order valence-corrected chi connectivity index (χ0v) is 30.6. The van der Waals surface area contributed by atoms with Gasteiger partial charge in [-0.05, 0) is 147 Å². The number of hydrogen-bond donors (Lipinski definition) is 0. The highest BCUT2D eigenvalue weighted by molar-refractivity contribution is 7.87. The summed E-state index contributed by atoms with van der Waals surface area (Å²) in [4.78, 5) is 0. The monoisotopic (exact) mass is 692 g/mol. The van der Waals surface area contributed by atoms with E-state index in [1.165, 1.54) is 0 Å². The SMILES string of the molecule is CCOc1ccc2c(P(=O)(c3c(OCC)ccc4cc(OCC)ccc34)c3c(OCC)ccc4cc(OCC)ccc34)c(OCC)ccc2c1. The van der Waals surface area contributed by atoms with Crippen LogP contribution in [0.1, 0.15) is 41.5 Å². The highest BCUT2D eigenvalue weighted by Gasteiger charge is 2.42. The lowest BCUT2D eigenvalue weighted by atomic mass is 10.1. The summed E-state index contributed by atoms with van der Waals surface area (Å²) in [6.45, 7) is 14.4. The van der Waals surface area contributed by atoms with Crippen LogP contribution in [-0.2, 0) is 4.57 Å². The first-order valence-electron chi connectivity index (χ1n) is 17.5. The van der Waals surface area contributed by atoms with Crippen LogP contribution in [0.2, 0.25) is 0 Å². The lowest BCUT2D eigenvalue weighted by molar-refractivity contribution is 0.340. The van der Waals surface area contributed by atoms with E-state index in [1.54, 1.807) is 0 Å². The molecule has 6 aromatic carbocycles. The molecule has 0 saturated heterocycles. The molecule has 0 spiro atoms. The van der Waals surface area contributed by atoms with Crippen molar-refractivity contribution < 1.29 is 33.0 Å². The van der Waals surface area contributed by atoms with Gasteiger partial charge in [0.1, 0.15) is 34.5 Å². The number of hydrogen-bond acceptors (Lipinski definition) is 7. The van der Waals surface area contributed by atoms with Crippen LogP contribution >= 0.6 is 7.14 Å². The van der Waals surface area contributed by atoms with Gasteiger partial charge in [0.05, 0.1) is 55.6 Å². The minimum Gasteiger partial charge on any atom is -0.494 e. The largest absolute Gasteiger partial charge is 0.494 e. The molecule has 0 unspecified atom stereocenters. The Morgan fingerprint density at radius 1 is 0.380 bits per heavy atom. The Kier molecular flexibility index (Phi) is 10.7. The van der Waals surface area contributed by atoms with Gasteiger partial charge in [-0.3, -0.25) is 0 Å². The van der Waals surface area contributed by atoms with E-state index in [4.69, 9.17) is 28.4 Å². The molecule has 260 valence electrons. The molecule has 0 bridgehead atoms. The smallest absolute Gasteiger partial charge is 0.183 e. The van der Waals surface area contributed by atoms with Crippen LogP contribution in [0.4, 0.5) is 0 Å². The molecule has 8 heteroatoms. The average molecular weight is 693 g/mol. The van der Waals surface area contributed by atoms with Crippen LogP contribution in [0.5, 0.6) is 34.5 Å². The summed E-state index contributed by atoms with van der Waals surface area (Å²) in [5.74, 6) is 3.79. The Morgan fingerprint density at radius 2 is 0.660 bits per heavy atom. The van der Waals surface area contributed by atoms with Gasteiger partial charge in [0, 0.05) is 0 Å². The van der Waals surface area contributed by atoms with Crippen molar-refractivity contribution in [2.24, 2.45) is 0 Å². The Hall–Kier alpha value is -4.87. The van der Waals surface area contributed by atoms with Crippen molar-refractivity contribution in [2.75, 3.05) is 39.6 Å². The molecule has 6 rings (SSSR count). The van der Waals surface area contributed by atoms with Gasteiger partial charge in [-0.25, -0.2) is 0 Å². The van der Waals surface area contributed by atoms with Gasteiger partial charge in [-0.15, -0.1) is 0 Å². The molecule has 0 aliphatic carbocycles. The fourth-order valence-electron chi connectivity index (χ4n) is 6.71. The van der Waals surface area contributed by atoms with Crippen molar-refractivity contribution in [1.29, 1.82) is 0 Å². The van der Waals surface area contributed by atoms with E-state index < -0.39 is 7.14 Å². The quantitative estimate of drug-likeness (QED) is 0.0994. The zero-order chi connectivity index (χ0) is 35.3. The number of ether oxygens (including phenoxy) is 6. The Labute approximate surface area is 294 Å². The maximum Gasteiger partial charge on any atom is 0.183 e. The van der Waals surface area contributed by atoms with Gasteiger partial charge in [0.2, 0.25) is 0 Å². The normalized spacial score (nSPS) is 11.6. The fraction of sp³-hybridized carbons (Fsp3) is 0.286. The number of benzene rings is 6. The summed E-state index contributed by atoms with van der Waals surface area (Å²) in [7, 11) is -4.00. The first kappa shape index (κ1) is 35.0. The van der Waals surface area contributed by atoms with Crippen molar-refractivity contribution in [2.45, 2.75) is 41.5 Å². The van der Waals surface area contributed by atoms with E-state index in [0.29, 0.717) is 72.8 Å². The van der Waals surface area contributed by atoms with E-state index in [0.717, 1.165) is 49.6 Å². The minimum atomic E-state index is -4.00. The minimum absolute atomic E-state index is 0.382. The predicted octanol–water partition coefficient (Wildman–Crippen LogP) is 9.18. The third-order valence-electron chi connectivity index (χ3n) is 8.55. The summed E-state index contributed by atoms with van der Waals surface area (Å²) in [5.41, 5.74) is 0. The second-order valence-electron chi connectivity index (χ2n) is 11.6. The summed E-state index contributed by atoms with van der Waals surface area (Å²) in [5, 5.41) is 6.73. The van der Waals surface area contributed by atoms with Gasteiger partial charge in [0.15, 0.2) is 7.14 Å². The summed E-state index contributed by atoms with van der Waals surface area (Å²) >= 11 is 0. The summed E-state index contributed by atoms with van der Waals surface area (Å²) in [6.07, 6.45) is 0. The van der Waals surface area contributed by atoms with Crippen molar-refractivity contribution in [3.63, 3.8) is 0 Å². The van der Waals surface area contributed by atoms with Crippen molar-refractivity contribution in [3.8, 4) is 34.5 Å². The predicted molar refractivity (Wildman–Crippen MR) is 205 cm³/mol. The molecule has 0 N–H and O–H groups in total. The first-order chi connectivity index (χ1) is 24.4. The molecule has 0 fully saturated rings. The average Bonchev–Trinajstić information content (AvgIpc) is 3.12. The standard InChI is InChI=1S/C42H45O7P/c1-7-44-31-16-19-34-28(25-31)13-22-37(47-10-4)40(34)50(43,41-35-20-17-32(45-8-2)26-29(35)14-23-38(41)48-11-5)42-36-21-18-33(46-9-3)27-30(36)15-24-39(42)49-12-6/h13-27H,7-12H2,1-6H3. The Balaban J connectivity index is 1.86. The Morgan fingerprint density at radius 3 is 0.920 bits per heavy atom. The first-order valence-corrected chi connectivity index (χ1v) is 19.2. The van der Waals surface area contributed by atoms with E-state index in [1.807, 2.05) is 133 Å². The lowest BCUT2D eigenvalue weighted by Crippen LogP contribution is -2.30. The van der Waals surface area contributed by atoms with E-state index >= 15 is 4.57 Å². The van der Waals surface area contributed by atoms with E-state index in [9.17, 15) is 0 Å². The zero-order valence-electron chi connectivity index (χ0n) is 29.7. The van der Waals surface area contributed by atoms with Crippen LogP contribution in [0.3, 0.4) is 0 Å². The van der Waals surface area contributed by atoms with Crippen molar-refractivity contribution in [3.05, 3.63) is 91.0 Å². The topological polar surface area (TPSA) is 72.5 Å². The molecule has 0 amide bonds. The number of fused-ring (bicyclic) bond motifs is 3. The molecule has 0 aliphatic rings. The van der Waals surface area contributed by atoms with Gasteiger partial charge in [-0.2, -0.15) is 0 Å². The maximum atomic E-state index is 17.4. The second-order valence-corrected chi connectivity index (χ2v) is 14.2. The molecule has 0 radical (unpaired) electrons. The molecular weight excluding hydrogens is 647 g/mol. The lowest BCUT2D eigenvalue weighted by Gasteiger charge is -2.29. The molecule has 0 aliphatic heterocycles. The van der Waals surface area contributed by atoms with Crippen molar-refractivity contribution in [1.82, 2.24) is 0 Å². The number of rotatable bonds is 15. The van der Waals surface area contributed by atoms with Gasteiger partial charge >= 0.3 is 0 Å². The van der Waals surface area contributed by atoms with Gasteiger partial charge in [-0.1, -0.05) is 18.2 Å². The summed E-state index contributed by atoms with van der Waals surface area (Å²) < 4.78 is 54.4. The van der Waals surface area contributed by atoms with Gasteiger partial charge < -0.3 is 33.0 Å². The van der Waals surface area contributed by atoms with Crippen LogP contribution in [-0.4, -0.2) is 39.6 Å². The molecule has 6 aromatic rings. The maximum absolute atomic E-state index is 17.4. The van der Waals surface area contributed by atoms with E-state index in [2.05, 4.69) is 0 Å². The van der Waals surface area contributed by atoms with Crippen LogP contribution in [0.15, 0.2) is 91.0 Å². The molecule has 0 aromatic heterocycles. The van der Waals surface area contributed by atoms with Crippen molar-refractivity contribution >= 4 is 55.4 Å². The van der Waals surface area contributed by atoms with Crippen LogP contribution in [0.25, 0.3) is 32.3 Å². The molecule has 7 nitrogen and oxygen atoms in total. The van der Waals surface area contributed by atoms with Crippen LogP contribution in [0, 0.1) is 0 Å². The van der Waals surface area contributed by atoms with E-state index in [-0.39, 0.29) is 0 Å². The van der Waals surface area contributed by atoms with Gasteiger partial charge in [0.25, 0.3) is 0 Å². The summed E-state index contributed by atoms with van der Waals surface area (Å²) in [6, 6.07) is 29.5. The molecule has 0 saturated carbocycles. The molecule has 0 heterocycles. The third-order valence-corrected chi connectivity index (χ3v) is 11.8. The second kappa shape index (κ2) is 15.3. The molecule has 50 heavy (non-hydrogen) atoms.